The topological polar surface area (TPSA) is 12.5 Å². The Balaban J connectivity index is 2.12. The van der Waals surface area contributed by atoms with Gasteiger partial charge in [-0.3, -0.25) is 4.90 Å². The van der Waals surface area contributed by atoms with Gasteiger partial charge in [0.05, 0.1) is 6.10 Å². The van der Waals surface area contributed by atoms with Crippen LogP contribution in [0.25, 0.3) is 0 Å². The second-order valence-electron chi connectivity index (χ2n) is 3.46. The smallest absolute Gasteiger partial charge is 0.362 e. The van der Waals surface area contributed by atoms with E-state index in [0.717, 1.165) is 0 Å². The van der Waals surface area contributed by atoms with Gasteiger partial charge in [-0.15, -0.1) is 0 Å². The van der Waals surface area contributed by atoms with E-state index in [2.05, 4.69) is 0 Å². The molecule has 70 valence electrons. The quantitative estimate of drug-likeness (QED) is 0.553. The van der Waals surface area contributed by atoms with Crippen molar-refractivity contribution in [1.82, 2.24) is 4.90 Å². The third-order valence-corrected chi connectivity index (χ3v) is 2.57. The summed E-state index contributed by atoms with van der Waals surface area (Å²) >= 11 is 0. The van der Waals surface area contributed by atoms with Gasteiger partial charge in [0.25, 0.3) is 0 Å². The van der Waals surface area contributed by atoms with Crippen molar-refractivity contribution in [3.63, 3.8) is 0 Å². The Kier molecular flexibility index (Phi) is 1.63. The van der Waals surface area contributed by atoms with Crippen LogP contribution in [0.4, 0.5) is 13.2 Å². The summed E-state index contributed by atoms with van der Waals surface area (Å²) < 4.78 is 41.5. The average Bonchev–Trinajstić information content (AvgIpc) is 2.41. The monoisotopic (exact) mass is 181 g/mol. The number of rotatable bonds is 0. The number of hydrogen-bond donors (Lipinski definition) is 0. The lowest BCUT2D eigenvalue weighted by Crippen LogP contribution is -2.48. The van der Waals surface area contributed by atoms with Crippen molar-refractivity contribution < 1.29 is 17.9 Å². The first-order valence-corrected chi connectivity index (χ1v) is 3.91. The highest BCUT2D eigenvalue weighted by Crippen LogP contribution is 2.39. The molecule has 0 spiro atoms. The van der Waals surface area contributed by atoms with E-state index in [4.69, 9.17) is 4.74 Å². The lowest BCUT2D eigenvalue weighted by atomic mass is 10.1. The van der Waals surface area contributed by atoms with Crippen LogP contribution < -0.4 is 0 Å². The predicted molar refractivity (Wildman–Crippen MR) is 35.8 cm³/mol. The van der Waals surface area contributed by atoms with Gasteiger partial charge in [-0.25, -0.2) is 0 Å². The SMILES string of the molecule is CN1CC2CC1C(C(F)(F)F)O2. The lowest BCUT2D eigenvalue weighted by Gasteiger charge is -2.31. The molecule has 2 rings (SSSR count). The Labute approximate surface area is 68.3 Å². The highest BCUT2D eigenvalue weighted by molar-refractivity contribution is 4.99. The number of ether oxygens (including phenoxy) is 1. The van der Waals surface area contributed by atoms with E-state index < -0.39 is 18.3 Å². The maximum absolute atomic E-state index is 12.2. The van der Waals surface area contributed by atoms with Crippen LogP contribution in [0, 0.1) is 0 Å². The summed E-state index contributed by atoms with van der Waals surface area (Å²) in [6.45, 7) is 0.636. The van der Waals surface area contributed by atoms with Crippen LogP contribution in [-0.2, 0) is 4.74 Å². The van der Waals surface area contributed by atoms with Crippen LogP contribution in [0.2, 0.25) is 0 Å². The van der Waals surface area contributed by atoms with Crippen molar-refractivity contribution in [3.05, 3.63) is 0 Å². The molecule has 2 aliphatic rings. The molecule has 2 fully saturated rings. The zero-order chi connectivity index (χ0) is 8.93. The first-order valence-electron chi connectivity index (χ1n) is 3.91. The number of hydrogen-bond acceptors (Lipinski definition) is 2. The largest absolute Gasteiger partial charge is 0.416 e. The molecule has 0 N–H and O–H groups in total. The van der Waals surface area contributed by atoms with Crippen LogP contribution in [-0.4, -0.2) is 42.9 Å². The fourth-order valence-corrected chi connectivity index (χ4v) is 2.03. The third-order valence-electron chi connectivity index (χ3n) is 2.57. The first kappa shape index (κ1) is 8.31. The van der Waals surface area contributed by atoms with Gasteiger partial charge in [-0.05, 0) is 13.5 Å². The van der Waals surface area contributed by atoms with E-state index in [1.54, 1.807) is 11.9 Å². The summed E-state index contributed by atoms with van der Waals surface area (Å²) in [6.07, 6.45) is -5.43. The van der Waals surface area contributed by atoms with Crippen molar-refractivity contribution in [1.29, 1.82) is 0 Å². The minimum atomic E-state index is -4.20. The molecule has 2 saturated heterocycles. The summed E-state index contributed by atoms with van der Waals surface area (Å²) in [5.74, 6) is 0. The number of nitrogens with zero attached hydrogens (tertiary/aromatic N) is 1. The lowest BCUT2D eigenvalue weighted by molar-refractivity contribution is -0.236. The minimum absolute atomic E-state index is 0.202. The Morgan fingerprint density at radius 1 is 1.42 bits per heavy atom. The third kappa shape index (κ3) is 1.11. The van der Waals surface area contributed by atoms with Gasteiger partial charge in [0.1, 0.15) is 0 Å². The highest BCUT2D eigenvalue weighted by atomic mass is 19.4. The number of halogens is 3. The van der Waals surface area contributed by atoms with E-state index in [-0.39, 0.29) is 6.10 Å². The molecule has 0 aromatic rings. The molecular weight excluding hydrogens is 171 g/mol. The number of alkyl halides is 3. The molecule has 2 aliphatic heterocycles. The predicted octanol–water partition coefficient (Wildman–Crippen LogP) is 1.02. The maximum atomic E-state index is 12.2. The van der Waals surface area contributed by atoms with E-state index in [1.165, 1.54) is 0 Å². The second-order valence-corrected chi connectivity index (χ2v) is 3.46. The summed E-state index contributed by atoms with van der Waals surface area (Å²) in [4.78, 5) is 1.73. The maximum Gasteiger partial charge on any atom is 0.416 e. The summed E-state index contributed by atoms with van der Waals surface area (Å²) in [5.41, 5.74) is 0. The Morgan fingerprint density at radius 2 is 2.08 bits per heavy atom. The van der Waals surface area contributed by atoms with E-state index in [9.17, 15) is 13.2 Å². The molecule has 0 aliphatic carbocycles. The van der Waals surface area contributed by atoms with Crippen LogP contribution in [0.1, 0.15) is 6.42 Å². The zero-order valence-corrected chi connectivity index (χ0v) is 6.64. The molecule has 0 aromatic carbocycles. The Bertz CT molecular complexity index is 194. The van der Waals surface area contributed by atoms with Crippen molar-refractivity contribution in [3.8, 4) is 0 Å². The fourth-order valence-electron chi connectivity index (χ4n) is 2.03. The molecule has 3 atom stereocenters. The fraction of sp³-hybridized carbons (Fsp3) is 1.00. The van der Waals surface area contributed by atoms with Crippen molar-refractivity contribution in [2.24, 2.45) is 0 Å². The van der Waals surface area contributed by atoms with Gasteiger partial charge in [-0.1, -0.05) is 0 Å². The average molecular weight is 181 g/mol. The summed E-state index contributed by atoms with van der Waals surface area (Å²) in [7, 11) is 1.71. The minimum Gasteiger partial charge on any atom is -0.362 e. The molecule has 0 amide bonds. The van der Waals surface area contributed by atoms with Crippen LogP contribution in [0.15, 0.2) is 0 Å². The van der Waals surface area contributed by atoms with Crippen LogP contribution in [0.5, 0.6) is 0 Å². The summed E-state index contributed by atoms with van der Waals surface area (Å²) in [6, 6.07) is -0.449. The first-order chi connectivity index (χ1) is 5.48. The number of morpholine rings is 1. The van der Waals surface area contributed by atoms with Crippen molar-refractivity contribution in [2.45, 2.75) is 30.8 Å². The zero-order valence-electron chi connectivity index (χ0n) is 6.64. The van der Waals surface area contributed by atoms with Crippen molar-refractivity contribution in [2.75, 3.05) is 13.6 Å². The summed E-state index contributed by atoms with van der Waals surface area (Å²) in [5, 5.41) is 0. The molecule has 0 aromatic heterocycles. The molecule has 2 bridgehead atoms. The molecule has 2 heterocycles. The number of likely N-dealkylation sites (tertiary alicyclic amines) is 1. The second kappa shape index (κ2) is 2.35. The highest BCUT2D eigenvalue weighted by Gasteiger charge is 2.56. The molecular formula is C7H10F3NO. The van der Waals surface area contributed by atoms with E-state index >= 15 is 0 Å². The van der Waals surface area contributed by atoms with E-state index in [1.807, 2.05) is 0 Å². The van der Waals surface area contributed by atoms with Gasteiger partial charge in [0.2, 0.25) is 0 Å². The number of fused-ring (bicyclic) bond motifs is 2. The normalized spacial score (nSPS) is 42.5. The van der Waals surface area contributed by atoms with Crippen molar-refractivity contribution >= 4 is 0 Å². The molecule has 3 unspecified atom stereocenters. The molecule has 0 saturated carbocycles. The van der Waals surface area contributed by atoms with Crippen LogP contribution in [0.3, 0.4) is 0 Å². The van der Waals surface area contributed by atoms with Gasteiger partial charge in [-0.2, -0.15) is 13.2 Å². The number of likely N-dealkylation sites (N-methyl/N-ethyl adjacent to an activating group) is 1. The van der Waals surface area contributed by atoms with E-state index in [0.29, 0.717) is 13.0 Å². The molecule has 2 nitrogen and oxygen atoms in total. The standard InChI is InChI=1S/C7H10F3NO/c1-11-3-4-2-5(11)6(12-4)7(8,9)10/h4-6H,2-3H2,1H3. The van der Waals surface area contributed by atoms with Crippen LogP contribution >= 0.6 is 0 Å². The van der Waals surface area contributed by atoms with Gasteiger partial charge >= 0.3 is 6.18 Å². The molecule has 12 heavy (non-hydrogen) atoms. The molecule has 0 radical (unpaired) electrons. The van der Waals surface area contributed by atoms with Gasteiger partial charge < -0.3 is 4.74 Å². The Hall–Kier alpha value is -0.290. The van der Waals surface area contributed by atoms with Gasteiger partial charge in [0, 0.05) is 12.6 Å². The molecule has 5 heteroatoms. The van der Waals surface area contributed by atoms with Gasteiger partial charge in [0.15, 0.2) is 6.10 Å². The Morgan fingerprint density at radius 3 is 2.42 bits per heavy atom.